The first-order valence-electron chi connectivity index (χ1n) is 6.58. The second kappa shape index (κ2) is 5.56. The third-order valence-corrected chi connectivity index (χ3v) is 3.28. The molecule has 1 aromatic carbocycles. The van der Waals surface area contributed by atoms with E-state index in [-0.39, 0.29) is 17.5 Å². The standard InChI is InChI=1S/C12H13N5O5/c1-15-12(18)16(14-13-15)10-6-8(17(19)20)2-3-11(10)22-9-4-5-21-7-9/h2-3,6,9H,4-5,7H2,1H3/t9-/m1/s1. The molecule has 3 rings (SSSR count). The summed E-state index contributed by atoms with van der Waals surface area (Å²) in [6.45, 7) is 1.03. The Morgan fingerprint density at radius 1 is 1.45 bits per heavy atom. The number of hydrogen-bond acceptors (Lipinski definition) is 7. The molecule has 0 amide bonds. The Kier molecular flexibility index (Phi) is 3.59. The van der Waals surface area contributed by atoms with Gasteiger partial charge in [-0.2, -0.15) is 9.36 Å². The average molecular weight is 307 g/mol. The summed E-state index contributed by atoms with van der Waals surface area (Å²) < 4.78 is 13.0. The summed E-state index contributed by atoms with van der Waals surface area (Å²) in [5, 5.41) is 18.3. The third kappa shape index (κ3) is 2.55. The summed E-state index contributed by atoms with van der Waals surface area (Å²) in [6, 6.07) is 4.00. The van der Waals surface area contributed by atoms with E-state index in [1.807, 2.05) is 0 Å². The highest BCUT2D eigenvalue weighted by Gasteiger charge is 2.22. The molecular weight excluding hydrogens is 294 g/mol. The number of rotatable bonds is 4. The van der Waals surface area contributed by atoms with E-state index in [0.717, 1.165) is 9.36 Å². The lowest BCUT2D eigenvalue weighted by atomic mass is 10.2. The molecule has 2 heterocycles. The van der Waals surface area contributed by atoms with Crippen LogP contribution in [0.5, 0.6) is 5.75 Å². The molecule has 1 saturated heterocycles. The molecule has 0 radical (unpaired) electrons. The van der Waals surface area contributed by atoms with Crippen molar-refractivity contribution in [3.63, 3.8) is 0 Å². The van der Waals surface area contributed by atoms with Crippen molar-refractivity contribution in [2.24, 2.45) is 7.05 Å². The number of benzene rings is 1. The molecule has 0 spiro atoms. The lowest BCUT2D eigenvalue weighted by Gasteiger charge is -2.14. The van der Waals surface area contributed by atoms with Gasteiger partial charge in [0.15, 0.2) is 0 Å². The number of ether oxygens (including phenoxy) is 2. The van der Waals surface area contributed by atoms with Crippen molar-refractivity contribution in [1.82, 2.24) is 19.8 Å². The minimum atomic E-state index is -0.548. The van der Waals surface area contributed by atoms with Gasteiger partial charge in [-0.1, -0.05) is 0 Å². The fourth-order valence-corrected chi connectivity index (χ4v) is 2.13. The maximum atomic E-state index is 12.0. The van der Waals surface area contributed by atoms with Gasteiger partial charge >= 0.3 is 5.69 Å². The number of nitrogens with zero attached hydrogens (tertiary/aromatic N) is 5. The molecule has 2 aromatic rings. The van der Waals surface area contributed by atoms with Gasteiger partial charge in [0.2, 0.25) is 0 Å². The van der Waals surface area contributed by atoms with Crippen LogP contribution in [0.1, 0.15) is 6.42 Å². The molecule has 0 unspecified atom stereocenters. The predicted molar refractivity (Wildman–Crippen MR) is 73.1 cm³/mol. The van der Waals surface area contributed by atoms with Gasteiger partial charge in [-0.25, -0.2) is 4.79 Å². The van der Waals surface area contributed by atoms with E-state index in [4.69, 9.17) is 9.47 Å². The van der Waals surface area contributed by atoms with Crippen molar-refractivity contribution in [2.75, 3.05) is 13.2 Å². The number of tetrazole rings is 1. The highest BCUT2D eigenvalue weighted by atomic mass is 16.6. The summed E-state index contributed by atoms with van der Waals surface area (Å²) in [5.74, 6) is 0.323. The second-order valence-electron chi connectivity index (χ2n) is 4.81. The number of nitro groups is 1. The number of nitro benzene ring substituents is 1. The van der Waals surface area contributed by atoms with Gasteiger partial charge in [-0.15, -0.1) is 0 Å². The van der Waals surface area contributed by atoms with Gasteiger partial charge in [0.25, 0.3) is 5.69 Å². The normalized spacial score (nSPS) is 17.6. The van der Waals surface area contributed by atoms with Crippen LogP contribution in [0.3, 0.4) is 0 Å². The van der Waals surface area contributed by atoms with E-state index in [1.54, 1.807) is 0 Å². The van der Waals surface area contributed by atoms with Crippen molar-refractivity contribution in [3.8, 4) is 11.4 Å². The van der Waals surface area contributed by atoms with Crippen LogP contribution in [0.2, 0.25) is 0 Å². The highest BCUT2D eigenvalue weighted by molar-refractivity contribution is 5.53. The quantitative estimate of drug-likeness (QED) is 0.578. The molecule has 1 atom stereocenters. The number of hydrogen-bond donors (Lipinski definition) is 0. The number of aryl methyl sites for hydroxylation is 1. The summed E-state index contributed by atoms with van der Waals surface area (Å²) in [6.07, 6.45) is 0.554. The molecular formula is C12H13N5O5. The maximum Gasteiger partial charge on any atom is 0.368 e. The number of non-ortho nitro benzene ring substituents is 1. The summed E-state index contributed by atoms with van der Waals surface area (Å²) >= 11 is 0. The highest BCUT2D eigenvalue weighted by Crippen LogP contribution is 2.28. The van der Waals surface area contributed by atoms with Gasteiger partial charge in [-0.05, 0) is 16.5 Å². The molecule has 22 heavy (non-hydrogen) atoms. The molecule has 1 aromatic heterocycles. The van der Waals surface area contributed by atoms with Crippen LogP contribution in [0.15, 0.2) is 23.0 Å². The topological polar surface area (TPSA) is 114 Å². The lowest BCUT2D eigenvalue weighted by Crippen LogP contribution is -2.24. The smallest absolute Gasteiger partial charge is 0.368 e. The number of aromatic nitrogens is 4. The van der Waals surface area contributed by atoms with E-state index in [2.05, 4.69) is 10.4 Å². The van der Waals surface area contributed by atoms with Crippen LogP contribution in [0.4, 0.5) is 5.69 Å². The Hall–Kier alpha value is -2.75. The molecule has 0 saturated carbocycles. The van der Waals surface area contributed by atoms with E-state index in [0.29, 0.717) is 25.4 Å². The van der Waals surface area contributed by atoms with E-state index >= 15 is 0 Å². The fraction of sp³-hybridized carbons (Fsp3) is 0.417. The summed E-state index contributed by atoms with van der Waals surface area (Å²) in [4.78, 5) is 22.4. The lowest BCUT2D eigenvalue weighted by molar-refractivity contribution is -0.384. The van der Waals surface area contributed by atoms with E-state index in [1.165, 1.54) is 25.2 Å². The Morgan fingerprint density at radius 3 is 2.86 bits per heavy atom. The molecule has 0 bridgehead atoms. The monoisotopic (exact) mass is 307 g/mol. The van der Waals surface area contributed by atoms with Crippen molar-refractivity contribution in [3.05, 3.63) is 38.8 Å². The molecule has 1 aliphatic heterocycles. The molecule has 1 fully saturated rings. The molecule has 10 nitrogen and oxygen atoms in total. The molecule has 116 valence electrons. The van der Waals surface area contributed by atoms with Crippen LogP contribution in [0, 0.1) is 10.1 Å². The van der Waals surface area contributed by atoms with Crippen LogP contribution in [-0.4, -0.2) is 44.0 Å². The minimum Gasteiger partial charge on any atom is -0.486 e. The van der Waals surface area contributed by atoms with Gasteiger partial charge in [-0.3, -0.25) is 10.1 Å². The Labute approximate surface area is 124 Å². The van der Waals surface area contributed by atoms with Crippen molar-refractivity contribution < 1.29 is 14.4 Å². The molecule has 0 N–H and O–H groups in total. The Balaban J connectivity index is 2.06. The second-order valence-corrected chi connectivity index (χ2v) is 4.81. The van der Waals surface area contributed by atoms with E-state index < -0.39 is 10.6 Å². The Morgan fingerprint density at radius 2 is 2.27 bits per heavy atom. The first-order chi connectivity index (χ1) is 10.6. The maximum absolute atomic E-state index is 12.0. The van der Waals surface area contributed by atoms with Gasteiger partial charge in [0, 0.05) is 25.6 Å². The molecule has 10 heteroatoms. The first-order valence-corrected chi connectivity index (χ1v) is 6.58. The van der Waals surface area contributed by atoms with Gasteiger partial charge < -0.3 is 9.47 Å². The van der Waals surface area contributed by atoms with Gasteiger partial charge in [0.1, 0.15) is 17.5 Å². The third-order valence-electron chi connectivity index (χ3n) is 3.28. The van der Waals surface area contributed by atoms with Crippen molar-refractivity contribution in [2.45, 2.75) is 12.5 Å². The van der Waals surface area contributed by atoms with Crippen LogP contribution >= 0.6 is 0 Å². The Bertz CT molecular complexity index is 762. The van der Waals surface area contributed by atoms with Crippen molar-refractivity contribution >= 4 is 5.69 Å². The van der Waals surface area contributed by atoms with Crippen molar-refractivity contribution in [1.29, 1.82) is 0 Å². The average Bonchev–Trinajstić information content (AvgIpc) is 3.11. The zero-order valence-corrected chi connectivity index (χ0v) is 11.7. The zero-order valence-electron chi connectivity index (χ0n) is 11.7. The fourth-order valence-electron chi connectivity index (χ4n) is 2.13. The first kappa shape index (κ1) is 14.2. The van der Waals surface area contributed by atoms with Crippen LogP contribution < -0.4 is 10.4 Å². The zero-order chi connectivity index (χ0) is 15.7. The van der Waals surface area contributed by atoms with Gasteiger partial charge in [0.05, 0.1) is 18.1 Å². The minimum absolute atomic E-state index is 0.160. The van der Waals surface area contributed by atoms with E-state index in [9.17, 15) is 14.9 Å². The largest absolute Gasteiger partial charge is 0.486 e. The van der Waals surface area contributed by atoms with Crippen LogP contribution in [-0.2, 0) is 11.8 Å². The van der Waals surface area contributed by atoms with Crippen LogP contribution in [0.25, 0.3) is 5.69 Å². The molecule has 0 aliphatic carbocycles. The molecule has 1 aliphatic rings. The summed E-state index contributed by atoms with van der Waals surface area (Å²) in [5.41, 5.74) is -0.505. The summed E-state index contributed by atoms with van der Waals surface area (Å²) in [7, 11) is 1.44. The predicted octanol–water partition coefficient (Wildman–Crippen LogP) is 0.0419. The SMILES string of the molecule is Cn1nnn(-c2cc([N+](=O)[O-])ccc2O[C@@H]2CCOC2)c1=O.